The van der Waals surface area contributed by atoms with Gasteiger partial charge in [0.2, 0.25) is 5.91 Å². The number of aryl methyl sites for hydroxylation is 1. The number of halogens is 4. The fraction of sp³-hybridized carbons (Fsp3) is 0.552. The number of amides is 1. The van der Waals surface area contributed by atoms with Crippen LogP contribution < -0.4 is 15.4 Å². The minimum atomic E-state index is -4.81. The first kappa shape index (κ1) is 30.0. The fourth-order valence-electron chi connectivity index (χ4n) is 6.22. The molecule has 3 aliphatic rings. The van der Waals surface area contributed by atoms with Crippen LogP contribution in [0.2, 0.25) is 0 Å². The van der Waals surface area contributed by atoms with Gasteiger partial charge in [-0.25, -0.2) is 4.39 Å². The second-order valence-electron chi connectivity index (χ2n) is 11.3. The first-order valence-electron chi connectivity index (χ1n) is 14.1. The van der Waals surface area contributed by atoms with Crippen LogP contribution in [0.4, 0.5) is 29.1 Å². The number of nitrogens with zero attached hydrogens (tertiary/aromatic N) is 5. The quantitative estimate of drug-likeness (QED) is 0.305. The highest BCUT2D eigenvalue weighted by atomic mass is 19.4. The van der Waals surface area contributed by atoms with Crippen LogP contribution in [0.5, 0.6) is 6.01 Å². The highest BCUT2D eigenvalue weighted by molar-refractivity contribution is 5.87. The van der Waals surface area contributed by atoms with Gasteiger partial charge in [0, 0.05) is 49.3 Å². The van der Waals surface area contributed by atoms with E-state index in [0.717, 1.165) is 25.5 Å². The maximum Gasteiger partial charge on any atom is 0.417 e. The zero-order valence-electron chi connectivity index (χ0n) is 24.0. The maximum atomic E-state index is 15.3. The van der Waals surface area contributed by atoms with Gasteiger partial charge in [0.25, 0.3) is 0 Å². The van der Waals surface area contributed by atoms with Gasteiger partial charge < -0.3 is 29.9 Å². The van der Waals surface area contributed by atoms with Crippen LogP contribution in [0.1, 0.15) is 53.8 Å². The summed E-state index contributed by atoms with van der Waals surface area (Å²) in [6.07, 6.45) is -2.90. The molecular weight excluding hydrogens is 556 g/mol. The van der Waals surface area contributed by atoms with Crippen molar-refractivity contribution >= 4 is 17.4 Å². The Labute approximate surface area is 242 Å². The minimum Gasteiger partial charge on any atom is -0.462 e. The number of aromatic nitrogens is 2. The number of likely N-dealkylation sites (tertiary alicyclic amines) is 1. The van der Waals surface area contributed by atoms with E-state index in [4.69, 9.17) is 20.2 Å². The monoisotopic (exact) mass is 592 g/mol. The predicted octanol–water partition coefficient (Wildman–Crippen LogP) is 4.04. The summed E-state index contributed by atoms with van der Waals surface area (Å²) >= 11 is 0. The van der Waals surface area contributed by atoms with Gasteiger partial charge >= 0.3 is 12.2 Å². The van der Waals surface area contributed by atoms with E-state index in [1.165, 1.54) is 13.0 Å². The number of likely N-dealkylation sites (N-methyl/N-ethyl adjacent to an activating group) is 1. The highest BCUT2D eigenvalue weighted by Crippen LogP contribution is 2.44. The molecule has 5 rings (SSSR count). The molecule has 2 fully saturated rings. The molecule has 0 spiro atoms. The number of piperazine rings is 1. The lowest BCUT2D eigenvalue weighted by atomic mass is 9.91. The Bertz CT molecular complexity index is 1370. The minimum absolute atomic E-state index is 0.0993. The smallest absolute Gasteiger partial charge is 0.417 e. The molecule has 228 valence electrons. The molecule has 13 heteroatoms. The fourth-order valence-corrected chi connectivity index (χ4v) is 6.22. The van der Waals surface area contributed by atoms with E-state index in [-0.39, 0.29) is 48.3 Å². The summed E-state index contributed by atoms with van der Waals surface area (Å²) < 4.78 is 69.6. The Balaban J connectivity index is 1.51. The molecule has 2 aromatic rings. The molecular formula is C29H36F4N6O3. The molecule has 42 heavy (non-hydrogen) atoms. The van der Waals surface area contributed by atoms with E-state index < -0.39 is 29.2 Å². The summed E-state index contributed by atoms with van der Waals surface area (Å²) in [6, 6.07) is 1.13. The third-order valence-corrected chi connectivity index (χ3v) is 8.45. The van der Waals surface area contributed by atoms with E-state index in [2.05, 4.69) is 16.5 Å². The average molecular weight is 593 g/mol. The van der Waals surface area contributed by atoms with Crippen LogP contribution >= 0.6 is 0 Å². The molecule has 2 N–H and O–H groups in total. The standard InChI is InChI=1S/C29H36F4N6O3/c1-5-23(40)39-10-9-38(13-17(39)3)27-19-15-41-22(24-25(29(31,32)33)16(2)11-20(34)26(24)30)12-21(19)35-28(36-27)42-14-18-7-6-8-37(18)4/h5,11,17-18,22H,1,6-10,12-15,34H2,2-4H3/t17-,18+,22?/m1/s1. The van der Waals surface area contributed by atoms with Gasteiger partial charge in [-0.3, -0.25) is 4.79 Å². The van der Waals surface area contributed by atoms with Gasteiger partial charge in [-0.1, -0.05) is 6.58 Å². The van der Waals surface area contributed by atoms with Crippen molar-refractivity contribution in [1.29, 1.82) is 0 Å². The second kappa shape index (κ2) is 11.7. The average Bonchev–Trinajstić information content (AvgIpc) is 3.36. The summed E-state index contributed by atoms with van der Waals surface area (Å²) in [5.41, 5.74) is 4.52. The summed E-state index contributed by atoms with van der Waals surface area (Å²) in [4.78, 5) is 27.5. The molecule has 9 nitrogen and oxygen atoms in total. The summed E-state index contributed by atoms with van der Waals surface area (Å²) in [6.45, 7) is 9.28. The van der Waals surface area contributed by atoms with E-state index in [0.29, 0.717) is 43.3 Å². The first-order valence-corrected chi connectivity index (χ1v) is 14.1. The molecule has 0 aliphatic carbocycles. The Hall–Kier alpha value is -3.45. The molecule has 2 saturated heterocycles. The van der Waals surface area contributed by atoms with Crippen LogP contribution in [0.25, 0.3) is 0 Å². The number of alkyl halides is 3. The molecule has 0 bridgehead atoms. The number of nitrogens with two attached hydrogens (primary N) is 1. The zero-order chi connectivity index (χ0) is 30.3. The van der Waals surface area contributed by atoms with E-state index in [9.17, 15) is 18.0 Å². The van der Waals surface area contributed by atoms with Crippen molar-refractivity contribution < 1.29 is 31.8 Å². The highest BCUT2D eigenvalue weighted by Gasteiger charge is 2.42. The van der Waals surface area contributed by atoms with Crippen molar-refractivity contribution in [2.24, 2.45) is 0 Å². The number of benzene rings is 1. The molecule has 1 unspecified atom stereocenters. The van der Waals surface area contributed by atoms with Crippen LogP contribution in [0.3, 0.4) is 0 Å². The van der Waals surface area contributed by atoms with Gasteiger partial charge in [0.15, 0.2) is 5.82 Å². The first-order chi connectivity index (χ1) is 19.9. The third kappa shape index (κ3) is 5.76. The number of anilines is 2. The van der Waals surface area contributed by atoms with Gasteiger partial charge in [0.1, 0.15) is 12.4 Å². The van der Waals surface area contributed by atoms with Crippen molar-refractivity contribution in [3.63, 3.8) is 0 Å². The third-order valence-electron chi connectivity index (χ3n) is 8.45. The number of nitrogen functional groups attached to an aromatic ring is 1. The molecule has 3 aliphatic heterocycles. The molecule has 1 amide bonds. The van der Waals surface area contributed by atoms with Gasteiger partial charge in [-0.2, -0.15) is 23.1 Å². The lowest BCUT2D eigenvalue weighted by Crippen LogP contribution is -2.54. The second-order valence-corrected chi connectivity index (χ2v) is 11.3. The Morgan fingerprint density at radius 2 is 2.05 bits per heavy atom. The number of carbonyl (C=O) groups excluding carboxylic acids is 1. The summed E-state index contributed by atoms with van der Waals surface area (Å²) in [5.74, 6) is -0.776. The molecule has 1 aromatic heterocycles. The molecule has 4 heterocycles. The van der Waals surface area contributed by atoms with Gasteiger partial charge in [0.05, 0.1) is 29.7 Å². The number of hydrogen-bond acceptors (Lipinski definition) is 8. The number of fused-ring (bicyclic) bond motifs is 1. The normalized spacial score (nSPS) is 23.2. The Kier molecular flexibility index (Phi) is 8.35. The van der Waals surface area contributed by atoms with Crippen LogP contribution in [-0.2, 0) is 28.7 Å². The van der Waals surface area contributed by atoms with E-state index in [1.807, 2.05) is 18.9 Å². The zero-order valence-corrected chi connectivity index (χ0v) is 24.0. The maximum absolute atomic E-state index is 15.3. The van der Waals surface area contributed by atoms with Crippen LogP contribution in [0, 0.1) is 12.7 Å². The lowest BCUT2D eigenvalue weighted by Gasteiger charge is -2.41. The molecule has 1 aromatic carbocycles. The van der Waals surface area contributed by atoms with Crippen molar-refractivity contribution in [2.45, 2.75) is 64.1 Å². The van der Waals surface area contributed by atoms with Gasteiger partial charge in [-0.15, -0.1) is 0 Å². The summed E-state index contributed by atoms with van der Waals surface area (Å²) in [7, 11) is 2.02. The van der Waals surface area contributed by atoms with E-state index in [1.54, 1.807) is 4.90 Å². The number of hydrogen-bond donors (Lipinski definition) is 1. The molecule has 0 radical (unpaired) electrons. The number of rotatable bonds is 6. The van der Waals surface area contributed by atoms with Crippen molar-refractivity contribution in [2.75, 3.05) is 50.5 Å². The summed E-state index contributed by atoms with van der Waals surface area (Å²) in [5, 5.41) is 0. The van der Waals surface area contributed by atoms with Crippen LogP contribution in [0.15, 0.2) is 18.7 Å². The van der Waals surface area contributed by atoms with Gasteiger partial charge in [-0.05, 0) is 58.0 Å². The van der Waals surface area contributed by atoms with Crippen molar-refractivity contribution in [1.82, 2.24) is 19.8 Å². The molecule has 0 saturated carbocycles. The molecule has 3 atom stereocenters. The lowest BCUT2D eigenvalue weighted by molar-refractivity contribution is -0.140. The largest absolute Gasteiger partial charge is 0.462 e. The van der Waals surface area contributed by atoms with Crippen molar-refractivity contribution in [3.8, 4) is 6.01 Å². The van der Waals surface area contributed by atoms with E-state index >= 15 is 4.39 Å². The van der Waals surface area contributed by atoms with Crippen molar-refractivity contribution in [3.05, 3.63) is 52.5 Å². The van der Waals surface area contributed by atoms with Crippen LogP contribution in [-0.4, -0.2) is 77.6 Å². The predicted molar refractivity (Wildman–Crippen MR) is 149 cm³/mol. The Morgan fingerprint density at radius 3 is 2.69 bits per heavy atom. The topological polar surface area (TPSA) is 97.0 Å². The SMILES string of the molecule is C=CC(=O)N1CCN(c2nc(OC[C@@H]3CCCN3C)nc3c2COC(c2c(F)c(N)cc(C)c2C(F)(F)F)C3)C[C@H]1C. The number of ether oxygens (including phenoxy) is 2. The number of carbonyl (C=O) groups is 1. The Morgan fingerprint density at radius 1 is 1.29 bits per heavy atom.